The molecule has 0 bridgehead atoms. The van der Waals surface area contributed by atoms with Crippen molar-refractivity contribution in [3.8, 4) is 0 Å². The van der Waals surface area contributed by atoms with Crippen molar-refractivity contribution >= 4 is 33.2 Å². The van der Waals surface area contributed by atoms with E-state index >= 15 is 0 Å². The summed E-state index contributed by atoms with van der Waals surface area (Å²) in [7, 11) is -1.75. The van der Waals surface area contributed by atoms with E-state index in [2.05, 4.69) is 5.32 Å². The number of hydrogen-bond donors (Lipinski definition) is 2. The van der Waals surface area contributed by atoms with Crippen molar-refractivity contribution in [3.05, 3.63) is 29.8 Å². The monoisotopic (exact) mass is 383 g/mol. The highest BCUT2D eigenvalue weighted by Crippen LogP contribution is 2.18. The second-order valence-corrected chi connectivity index (χ2v) is 8.17. The number of carbonyl (C=O) groups excluding carboxylic acids is 3. The largest absolute Gasteiger partial charge is 0.383 e. The second kappa shape index (κ2) is 8.28. The fourth-order valence-corrected chi connectivity index (χ4v) is 4.42. The van der Waals surface area contributed by atoms with E-state index in [1.165, 1.54) is 36.3 Å². The van der Waals surface area contributed by atoms with E-state index in [-0.39, 0.29) is 30.2 Å². The standard InChI is InChI=1S/C16H21N3O6S/c1-25-8-7-19(13-6-9-26(23,24)10-13)16(22)15(21)18-12-4-2-11(3-5-12)14(17)20/h2-5,13H,6-10H2,1H3,(H2,17,20)(H,18,21). The molecule has 0 saturated carbocycles. The number of hydrogen-bond acceptors (Lipinski definition) is 6. The lowest BCUT2D eigenvalue weighted by Crippen LogP contribution is -2.47. The highest BCUT2D eigenvalue weighted by Gasteiger charge is 2.36. The summed E-state index contributed by atoms with van der Waals surface area (Å²) in [6.07, 6.45) is 0.290. The number of amides is 3. The molecule has 0 radical (unpaired) electrons. The maximum Gasteiger partial charge on any atom is 0.313 e. The highest BCUT2D eigenvalue weighted by atomic mass is 32.2. The van der Waals surface area contributed by atoms with Crippen LogP contribution in [-0.4, -0.2) is 68.8 Å². The van der Waals surface area contributed by atoms with Crippen LogP contribution in [0.15, 0.2) is 24.3 Å². The number of benzene rings is 1. The van der Waals surface area contributed by atoms with Crippen molar-refractivity contribution in [2.75, 3.05) is 37.1 Å². The zero-order chi connectivity index (χ0) is 19.3. The van der Waals surface area contributed by atoms with Gasteiger partial charge < -0.3 is 20.7 Å². The first-order chi connectivity index (χ1) is 12.2. The molecule has 3 amide bonds. The van der Waals surface area contributed by atoms with Gasteiger partial charge in [0.05, 0.1) is 18.1 Å². The molecule has 142 valence electrons. The number of methoxy groups -OCH3 is 1. The molecule has 1 fully saturated rings. The maximum absolute atomic E-state index is 12.5. The molecule has 0 aromatic heterocycles. The summed E-state index contributed by atoms with van der Waals surface area (Å²) < 4.78 is 28.3. The van der Waals surface area contributed by atoms with Gasteiger partial charge in [0.15, 0.2) is 9.84 Å². The summed E-state index contributed by atoms with van der Waals surface area (Å²) in [4.78, 5) is 37.1. The van der Waals surface area contributed by atoms with Crippen LogP contribution < -0.4 is 11.1 Å². The van der Waals surface area contributed by atoms with Crippen molar-refractivity contribution in [1.29, 1.82) is 0 Å². The third kappa shape index (κ3) is 5.02. The Morgan fingerprint density at radius 1 is 1.27 bits per heavy atom. The van der Waals surface area contributed by atoms with Crippen LogP contribution in [0.25, 0.3) is 0 Å². The quantitative estimate of drug-likeness (QED) is 0.629. The van der Waals surface area contributed by atoms with E-state index in [9.17, 15) is 22.8 Å². The number of sulfone groups is 1. The zero-order valence-electron chi connectivity index (χ0n) is 14.3. The Hall–Kier alpha value is -2.46. The van der Waals surface area contributed by atoms with Gasteiger partial charge in [0.2, 0.25) is 5.91 Å². The van der Waals surface area contributed by atoms with Crippen molar-refractivity contribution in [2.45, 2.75) is 12.5 Å². The normalized spacial score (nSPS) is 18.3. The fraction of sp³-hybridized carbons (Fsp3) is 0.438. The number of nitrogens with one attached hydrogen (secondary N) is 1. The lowest BCUT2D eigenvalue weighted by molar-refractivity contribution is -0.144. The van der Waals surface area contributed by atoms with Gasteiger partial charge in [0, 0.05) is 30.9 Å². The van der Waals surface area contributed by atoms with Gasteiger partial charge in [0.25, 0.3) is 0 Å². The molecule has 10 heteroatoms. The van der Waals surface area contributed by atoms with Crippen LogP contribution in [0.1, 0.15) is 16.8 Å². The molecule has 1 unspecified atom stereocenters. The first-order valence-electron chi connectivity index (χ1n) is 7.94. The molecule has 1 aromatic carbocycles. The Bertz CT molecular complexity index is 791. The van der Waals surface area contributed by atoms with Crippen LogP contribution in [0.5, 0.6) is 0 Å². The average Bonchev–Trinajstić information content (AvgIpc) is 2.95. The van der Waals surface area contributed by atoms with Gasteiger partial charge in [-0.25, -0.2) is 8.42 Å². The van der Waals surface area contributed by atoms with Gasteiger partial charge in [-0.2, -0.15) is 0 Å². The van der Waals surface area contributed by atoms with Gasteiger partial charge in [-0.05, 0) is 30.7 Å². The summed E-state index contributed by atoms with van der Waals surface area (Å²) >= 11 is 0. The molecule has 9 nitrogen and oxygen atoms in total. The predicted molar refractivity (Wildman–Crippen MR) is 94.2 cm³/mol. The lowest BCUT2D eigenvalue weighted by Gasteiger charge is -2.27. The third-order valence-corrected chi connectivity index (χ3v) is 5.82. The summed E-state index contributed by atoms with van der Waals surface area (Å²) in [6, 6.07) is 5.20. The second-order valence-electron chi connectivity index (χ2n) is 5.94. The van der Waals surface area contributed by atoms with Crippen LogP contribution in [-0.2, 0) is 24.2 Å². The van der Waals surface area contributed by atoms with E-state index in [0.29, 0.717) is 12.1 Å². The van der Waals surface area contributed by atoms with E-state index < -0.39 is 33.6 Å². The van der Waals surface area contributed by atoms with Crippen molar-refractivity contribution in [3.63, 3.8) is 0 Å². The van der Waals surface area contributed by atoms with Crippen LogP contribution in [0, 0.1) is 0 Å². The molecule has 2 rings (SSSR count). The number of ether oxygens (including phenoxy) is 1. The number of primary amides is 1. The van der Waals surface area contributed by atoms with Crippen molar-refractivity contribution in [1.82, 2.24) is 4.90 Å². The summed E-state index contributed by atoms with van der Waals surface area (Å²) in [6.45, 7) is 0.298. The minimum Gasteiger partial charge on any atom is -0.383 e. The number of nitrogens with zero attached hydrogens (tertiary/aromatic N) is 1. The Morgan fingerprint density at radius 2 is 1.92 bits per heavy atom. The maximum atomic E-state index is 12.5. The Labute approximate surface area is 151 Å². The van der Waals surface area contributed by atoms with Crippen LogP contribution in [0.3, 0.4) is 0 Å². The number of anilines is 1. The van der Waals surface area contributed by atoms with Crippen LogP contribution >= 0.6 is 0 Å². The molecule has 26 heavy (non-hydrogen) atoms. The molecule has 1 aromatic rings. The molecule has 1 saturated heterocycles. The fourth-order valence-electron chi connectivity index (χ4n) is 2.69. The van der Waals surface area contributed by atoms with Gasteiger partial charge in [0.1, 0.15) is 0 Å². The Balaban J connectivity index is 2.08. The molecule has 3 N–H and O–H groups in total. The minimum atomic E-state index is -3.21. The van der Waals surface area contributed by atoms with Crippen molar-refractivity contribution in [2.24, 2.45) is 5.73 Å². The zero-order valence-corrected chi connectivity index (χ0v) is 15.1. The number of rotatable bonds is 6. The van der Waals surface area contributed by atoms with E-state index in [4.69, 9.17) is 10.5 Å². The molecule has 1 aliphatic heterocycles. The van der Waals surface area contributed by atoms with Gasteiger partial charge in [-0.1, -0.05) is 0 Å². The third-order valence-electron chi connectivity index (χ3n) is 4.07. The van der Waals surface area contributed by atoms with Gasteiger partial charge in [-0.15, -0.1) is 0 Å². The molecular formula is C16H21N3O6S. The topological polar surface area (TPSA) is 136 Å². The summed E-state index contributed by atoms with van der Waals surface area (Å²) in [5.74, 6) is -2.50. The molecular weight excluding hydrogens is 362 g/mol. The lowest BCUT2D eigenvalue weighted by atomic mass is 10.2. The molecule has 1 heterocycles. The smallest absolute Gasteiger partial charge is 0.313 e. The molecule has 0 spiro atoms. The Kier molecular flexibility index (Phi) is 6.32. The molecule has 1 aliphatic rings. The molecule has 0 aliphatic carbocycles. The van der Waals surface area contributed by atoms with E-state index in [1.54, 1.807) is 0 Å². The first kappa shape index (κ1) is 19.9. The minimum absolute atomic E-state index is 0.00930. The highest BCUT2D eigenvalue weighted by molar-refractivity contribution is 7.91. The summed E-state index contributed by atoms with van der Waals surface area (Å²) in [5.41, 5.74) is 5.73. The average molecular weight is 383 g/mol. The Morgan fingerprint density at radius 3 is 2.42 bits per heavy atom. The first-order valence-corrected chi connectivity index (χ1v) is 9.77. The van der Waals surface area contributed by atoms with E-state index in [1.807, 2.05) is 0 Å². The van der Waals surface area contributed by atoms with Gasteiger partial charge in [-0.3, -0.25) is 14.4 Å². The van der Waals surface area contributed by atoms with Crippen molar-refractivity contribution < 1.29 is 27.5 Å². The van der Waals surface area contributed by atoms with E-state index in [0.717, 1.165) is 0 Å². The molecule has 1 atom stereocenters. The van der Waals surface area contributed by atoms with Crippen LogP contribution in [0.2, 0.25) is 0 Å². The van der Waals surface area contributed by atoms with Gasteiger partial charge >= 0.3 is 11.8 Å². The summed E-state index contributed by atoms with van der Waals surface area (Å²) in [5, 5.41) is 2.44. The predicted octanol–water partition coefficient (Wildman–Crippen LogP) is -0.614. The number of carbonyl (C=O) groups is 3. The number of nitrogens with two attached hydrogens (primary N) is 1. The van der Waals surface area contributed by atoms with Crippen LogP contribution in [0.4, 0.5) is 5.69 Å². The SMILES string of the molecule is COCCN(C(=O)C(=O)Nc1ccc(C(N)=O)cc1)C1CCS(=O)(=O)C1.